The second-order valence-electron chi connectivity index (χ2n) is 5.46. The first-order valence-corrected chi connectivity index (χ1v) is 9.03. The third-order valence-electron chi connectivity index (χ3n) is 3.73. The number of ether oxygens (including phenoxy) is 1. The van der Waals surface area contributed by atoms with Gasteiger partial charge in [0.2, 0.25) is 5.13 Å². The van der Waals surface area contributed by atoms with Gasteiger partial charge >= 0.3 is 0 Å². The van der Waals surface area contributed by atoms with Gasteiger partial charge in [0.05, 0.1) is 25.3 Å². The smallest absolute Gasteiger partial charge is 0.265 e. The lowest BCUT2D eigenvalue weighted by atomic mass is 10.2. The number of aromatic nitrogens is 1. The van der Waals surface area contributed by atoms with Crippen molar-refractivity contribution in [3.8, 4) is 17.0 Å². The van der Waals surface area contributed by atoms with Crippen molar-refractivity contribution in [2.45, 2.75) is 32.6 Å². The molecule has 0 spiro atoms. The Kier molecular flexibility index (Phi) is 5.47. The largest absolute Gasteiger partial charge is 0.494 e. The zero-order chi connectivity index (χ0) is 15.9. The molecule has 6 heteroatoms. The number of amidine groups is 1. The van der Waals surface area contributed by atoms with Crippen molar-refractivity contribution in [1.29, 1.82) is 0 Å². The lowest BCUT2D eigenvalue weighted by molar-refractivity contribution is -0.459. The molecule has 23 heavy (non-hydrogen) atoms. The van der Waals surface area contributed by atoms with E-state index in [1.165, 1.54) is 19.3 Å². The van der Waals surface area contributed by atoms with Gasteiger partial charge in [-0.25, -0.2) is 10.4 Å². The molecule has 0 bridgehead atoms. The summed E-state index contributed by atoms with van der Waals surface area (Å²) in [7, 11) is 0. The van der Waals surface area contributed by atoms with Crippen molar-refractivity contribution in [1.82, 2.24) is 10.4 Å². The maximum atomic E-state index is 5.47. The summed E-state index contributed by atoms with van der Waals surface area (Å²) in [5, 5.41) is 2.93. The monoisotopic (exact) mass is 331 g/mol. The van der Waals surface area contributed by atoms with Crippen LogP contribution in [-0.4, -0.2) is 24.0 Å². The standard InChI is InChI=1S/C17H22N4OS/c1-2-22-14-9-7-13(8-10-14)15-12-23-17(19-15)21-20-16-6-4-3-5-11-18-16/h7-10,12H,2-6,11H2,1H3,(H,18,20)(H,19,21)/p+1. The van der Waals surface area contributed by atoms with Crippen LogP contribution >= 0.6 is 11.3 Å². The molecule has 122 valence electrons. The Hall–Kier alpha value is -2.08. The number of anilines is 1. The van der Waals surface area contributed by atoms with E-state index in [9.17, 15) is 0 Å². The molecular weight excluding hydrogens is 308 g/mol. The number of rotatable bonds is 5. The van der Waals surface area contributed by atoms with Gasteiger partial charge in [-0.15, -0.1) is 11.3 Å². The van der Waals surface area contributed by atoms with Gasteiger partial charge in [0.15, 0.2) is 0 Å². The first-order chi connectivity index (χ1) is 11.3. The van der Waals surface area contributed by atoms with Gasteiger partial charge in [-0.05, 0) is 50.5 Å². The minimum Gasteiger partial charge on any atom is -0.494 e. The highest BCUT2D eigenvalue weighted by Gasteiger charge is 2.11. The van der Waals surface area contributed by atoms with E-state index in [1.807, 2.05) is 31.2 Å². The van der Waals surface area contributed by atoms with Crippen molar-refractivity contribution in [2.75, 3.05) is 18.6 Å². The molecule has 0 unspecified atom stereocenters. The molecule has 0 aliphatic carbocycles. The van der Waals surface area contributed by atoms with Gasteiger partial charge in [-0.3, -0.25) is 4.99 Å². The van der Waals surface area contributed by atoms with Crippen molar-refractivity contribution < 1.29 is 9.73 Å². The molecule has 1 aromatic carbocycles. The predicted octanol–water partition coefficient (Wildman–Crippen LogP) is 2.18. The van der Waals surface area contributed by atoms with Crippen LogP contribution in [0.5, 0.6) is 5.75 Å². The van der Waals surface area contributed by atoms with E-state index in [0.29, 0.717) is 6.61 Å². The predicted molar refractivity (Wildman–Crippen MR) is 94.8 cm³/mol. The van der Waals surface area contributed by atoms with Crippen LogP contribution in [0.2, 0.25) is 0 Å². The first-order valence-electron chi connectivity index (χ1n) is 8.15. The molecule has 0 amide bonds. The van der Waals surface area contributed by atoms with Crippen molar-refractivity contribution in [3.05, 3.63) is 29.6 Å². The average Bonchev–Trinajstić information content (AvgIpc) is 2.89. The fraction of sp³-hybridized carbons (Fsp3) is 0.412. The third kappa shape index (κ3) is 4.45. The van der Waals surface area contributed by atoms with E-state index in [-0.39, 0.29) is 0 Å². The van der Waals surface area contributed by atoms with Gasteiger partial charge in [0.1, 0.15) is 5.75 Å². The second kappa shape index (κ2) is 7.97. The molecule has 0 saturated carbocycles. The summed E-state index contributed by atoms with van der Waals surface area (Å²) in [6.45, 7) is 3.71. The normalized spacial score (nSPS) is 14.7. The van der Waals surface area contributed by atoms with E-state index in [1.54, 1.807) is 11.3 Å². The maximum Gasteiger partial charge on any atom is 0.265 e. The lowest BCUT2D eigenvalue weighted by Gasteiger charge is -2.03. The molecule has 3 rings (SSSR count). The Bertz CT molecular complexity index is 651. The lowest BCUT2D eigenvalue weighted by Crippen LogP contribution is -2.76. The van der Waals surface area contributed by atoms with E-state index in [4.69, 9.17) is 4.74 Å². The van der Waals surface area contributed by atoms with Crippen molar-refractivity contribution in [2.24, 2.45) is 0 Å². The number of thiazole rings is 1. The highest BCUT2D eigenvalue weighted by molar-refractivity contribution is 7.14. The van der Waals surface area contributed by atoms with Crippen LogP contribution in [0.1, 0.15) is 32.6 Å². The van der Waals surface area contributed by atoms with Crippen LogP contribution in [-0.2, 0) is 0 Å². The van der Waals surface area contributed by atoms with E-state index < -0.39 is 0 Å². The topological polar surface area (TPSA) is 60.1 Å². The number of hydrogen-bond donors (Lipinski definition) is 3. The molecule has 1 aliphatic heterocycles. The summed E-state index contributed by atoms with van der Waals surface area (Å²) in [5.41, 5.74) is 8.52. The maximum absolute atomic E-state index is 5.47. The molecule has 0 saturated heterocycles. The number of hydrogen-bond acceptors (Lipinski definition) is 5. The molecule has 0 fully saturated rings. The molecule has 1 aliphatic rings. The van der Waals surface area contributed by atoms with Crippen LogP contribution in [0.25, 0.3) is 11.3 Å². The Morgan fingerprint density at radius 2 is 2.04 bits per heavy atom. The summed E-state index contributed by atoms with van der Waals surface area (Å²) < 4.78 is 5.47. The molecule has 0 radical (unpaired) electrons. The Balaban J connectivity index is 1.60. The second-order valence-corrected chi connectivity index (χ2v) is 6.32. The number of nitrogens with zero attached hydrogens (tertiary/aromatic N) is 1. The molecule has 0 atom stereocenters. The van der Waals surface area contributed by atoms with Crippen molar-refractivity contribution >= 4 is 22.3 Å². The van der Waals surface area contributed by atoms with E-state index in [2.05, 4.69) is 26.2 Å². The summed E-state index contributed by atoms with van der Waals surface area (Å²) in [4.78, 5) is 8.04. The molecule has 1 aromatic heterocycles. The fourth-order valence-electron chi connectivity index (χ4n) is 2.52. The zero-order valence-corrected chi connectivity index (χ0v) is 14.2. The SMILES string of the molecule is CCOc1ccc(-c2csc(NNC3=[NH+]CCCCC3)n2)cc1. The van der Waals surface area contributed by atoms with Crippen LogP contribution in [0.15, 0.2) is 29.6 Å². The van der Waals surface area contributed by atoms with Gasteiger partial charge in [-0.1, -0.05) is 0 Å². The Morgan fingerprint density at radius 1 is 1.17 bits per heavy atom. The Labute approximate surface area is 140 Å². The summed E-state index contributed by atoms with van der Waals surface area (Å²) in [6.07, 6.45) is 4.82. The molecule has 3 N–H and O–H groups in total. The summed E-state index contributed by atoms with van der Waals surface area (Å²) >= 11 is 1.60. The van der Waals surface area contributed by atoms with E-state index >= 15 is 0 Å². The van der Waals surface area contributed by atoms with Gasteiger partial charge in [0.25, 0.3) is 5.84 Å². The summed E-state index contributed by atoms with van der Waals surface area (Å²) in [5.74, 6) is 2.04. The quantitative estimate of drug-likeness (QED) is 0.735. The number of benzene rings is 1. The van der Waals surface area contributed by atoms with Gasteiger partial charge < -0.3 is 4.74 Å². The minimum absolute atomic E-state index is 0.683. The number of nitrogens with one attached hydrogen (secondary N) is 3. The van der Waals surface area contributed by atoms with Crippen LogP contribution < -0.4 is 20.6 Å². The third-order valence-corrected chi connectivity index (χ3v) is 4.49. The van der Waals surface area contributed by atoms with Crippen LogP contribution in [0.4, 0.5) is 5.13 Å². The fourth-order valence-corrected chi connectivity index (χ4v) is 3.19. The zero-order valence-electron chi connectivity index (χ0n) is 13.4. The molecule has 2 heterocycles. The Morgan fingerprint density at radius 3 is 2.87 bits per heavy atom. The summed E-state index contributed by atoms with van der Waals surface area (Å²) in [6, 6.07) is 8.04. The molecule has 5 nitrogen and oxygen atoms in total. The van der Waals surface area contributed by atoms with Crippen LogP contribution in [0.3, 0.4) is 0 Å². The van der Waals surface area contributed by atoms with Crippen LogP contribution in [0, 0.1) is 0 Å². The molecular formula is C17H23N4OS+. The van der Waals surface area contributed by atoms with Crippen molar-refractivity contribution in [3.63, 3.8) is 0 Å². The average molecular weight is 331 g/mol. The number of hydrazine groups is 1. The van der Waals surface area contributed by atoms with E-state index in [0.717, 1.165) is 40.9 Å². The highest BCUT2D eigenvalue weighted by Crippen LogP contribution is 2.26. The molecule has 2 aromatic rings. The van der Waals surface area contributed by atoms with Gasteiger partial charge in [-0.2, -0.15) is 5.43 Å². The minimum atomic E-state index is 0.683. The highest BCUT2D eigenvalue weighted by atomic mass is 32.1. The van der Waals surface area contributed by atoms with Gasteiger partial charge in [0, 0.05) is 10.9 Å². The first kappa shape index (κ1) is 15.8.